The summed E-state index contributed by atoms with van der Waals surface area (Å²) in [4.78, 5) is 0. The van der Waals surface area contributed by atoms with Gasteiger partial charge in [-0.3, -0.25) is 0 Å². The van der Waals surface area contributed by atoms with Gasteiger partial charge in [0, 0.05) is 6.61 Å². The highest BCUT2D eigenvalue weighted by Crippen LogP contribution is 2.24. The topological polar surface area (TPSA) is 18.5 Å². The van der Waals surface area contributed by atoms with Crippen LogP contribution >= 0.6 is 11.6 Å². The Hall–Kier alpha value is -0.800. The lowest BCUT2D eigenvalue weighted by atomic mass is 10.3. The minimum absolute atomic E-state index is 0.286. The molecule has 1 rings (SSSR count). The fraction of sp³-hybridized carbons (Fsp3) is 0.500. The predicted octanol–water partition coefficient (Wildman–Crippen LogP) is 3.67. The second-order valence-electron chi connectivity index (χ2n) is 3.39. The SMILES string of the molecule is CCCCOCCOc1ccc(F)cc1Cl. The zero-order valence-electron chi connectivity index (χ0n) is 9.34. The van der Waals surface area contributed by atoms with Crippen molar-refractivity contribution in [3.05, 3.63) is 29.0 Å². The third-order valence-electron chi connectivity index (χ3n) is 2.02. The van der Waals surface area contributed by atoms with Crippen molar-refractivity contribution in [2.24, 2.45) is 0 Å². The van der Waals surface area contributed by atoms with Gasteiger partial charge in [-0.15, -0.1) is 0 Å². The van der Waals surface area contributed by atoms with Crippen LogP contribution in [0.3, 0.4) is 0 Å². The van der Waals surface area contributed by atoms with Crippen LogP contribution in [0.5, 0.6) is 5.75 Å². The maximum absolute atomic E-state index is 12.7. The fourth-order valence-electron chi connectivity index (χ4n) is 1.15. The molecule has 0 bridgehead atoms. The van der Waals surface area contributed by atoms with Crippen LogP contribution in [0.4, 0.5) is 4.39 Å². The van der Waals surface area contributed by atoms with Crippen LogP contribution in [0, 0.1) is 5.82 Å². The summed E-state index contributed by atoms with van der Waals surface area (Å²) in [5.74, 6) is 0.124. The molecule has 0 amide bonds. The molecule has 0 N–H and O–H groups in total. The second kappa shape index (κ2) is 7.47. The molecule has 0 saturated carbocycles. The van der Waals surface area contributed by atoms with Crippen LogP contribution in [0.1, 0.15) is 19.8 Å². The van der Waals surface area contributed by atoms with E-state index in [-0.39, 0.29) is 10.8 Å². The van der Waals surface area contributed by atoms with E-state index in [1.54, 1.807) is 0 Å². The maximum atomic E-state index is 12.7. The van der Waals surface area contributed by atoms with Crippen LogP contribution in [0.15, 0.2) is 18.2 Å². The molecule has 0 fully saturated rings. The lowest BCUT2D eigenvalue weighted by Crippen LogP contribution is -2.07. The number of halogens is 2. The Morgan fingerprint density at radius 3 is 2.75 bits per heavy atom. The molecule has 0 heterocycles. The monoisotopic (exact) mass is 246 g/mol. The lowest BCUT2D eigenvalue weighted by Gasteiger charge is -2.08. The molecule has 2 nitrogen and oxygen atoms in total. The predicted molar refractivity (Wildman–Crippen MR) is 62.6 cm³/mol. The number of ether oxygens (including phenoxy) is 2. The summed E-state index contributed by atoms with van der Waals surface area (Å²) in [6, 6.07) is 4.07. The van der Waals surface area contributed by atoms with E-state index in [0.29, 0.717) is 19.0 Å². The third-order valence-corrected chi connectivity index (χ3v) is 2.32. The molecule has 16 heavy (non-hydrogen) atoms. The molecule has 0 radical (unpaired) electrons. The Kier molecular flexibility index (Phi) is 6.19. The van der Waals surface area contributed by atoms with Crippen molar-refractivity contribution < 1.29 is 13.9 Å². The van der Waals surface area contributed by atoms with Crippen molar-refractivity contribution in [1.82, 2.24) is 0 Å². The van der Waals surface area contributed by atoms with Crippen molar-refractivity contribution in [2.45, 2.75) is 19.8 Å². The molecule has 0 aliphatic heterocycles. The van der Waals surface area contributed by atoms with Gasteiger partial charge in [-0.05, 0) is 24.6 Å². The highest BCUT2D eigenvalue weighted by Gasteiger charge is 2.02. The minimum Gasteiger partial charge on any atom is -0.490 e. The number of unbranched alkanes of at least 4 members (excludes halogenated alkanes) is 1. The molecule has 1 aromatic carbocycles. The Balaban J connectivity index is 2.21. The van der Waals surface area contributed by atoms with Gasteiger partial charge in [-0.25, -0.2) is 4.39 Å². The molecule has 0 spiro atoms. The van der Waals surface area contributed by atoms with Gasteiger partial charge < -0.3 is 9.47 Å². The zero-order chi connectivity index (χ0) is 11.8. The summed E-state index contributed by atoms with van der Waals surface area (Å²) in [7, 11) is 0. The highest BCUT2D eigenvalue weighted by molar-refractivity contribution is 6.32. The van der Waals surface area contributed by atoms with Crippen LogP contribution in [0.25, 0.3) is 0 Å². The molecular weight excluding hydrogens is 231 g/mol. The normalized spacial score (nSPS) is 10.4. The van der Waals surface area contributed by atoms with Crippen molar-refractivity contribution in [3.8, 4) is 5.75 Å². The van der Waals surface area contributed by atoms with Gasteiger partial charge in [0.2, 0.25) is 0 Å². The van der Waals surface area contributed by atoms with E-state index < -0.39 is 0 Å². The standard InChI is InChI=1S/C12H16ClFO2/c1-2-3-6-15-7-8-16-12-5-4-10(14)9-11(12)13/h4-5,9H,2-3,6-8H2,1H3. The Labute approximate surface area is 100 Å². The molecule has 0 atom stereocenters. The number of rotatable bonds is 7. The number of hydrogen-bond acceptors (Lipinski definition) is 2. The molecule has 0 saturated heterocycles. The first-order valence-electron chi connectivity index (χ1n) is 5.39. The molecular formula is C12H16ClFO2. The summed E-state index contributed by atoms with van der Waals surface area (Å²) in [5.41, 5.74) is 0. The van der Waals surface area contributed by atoms with Gasteiger partial charge in [0.05, 0.1) is 11.6 Å². The van der Waals surface area contributed by atoms with Gasteiger partial charge in [-0.2, -0.15) is 0 Å². The summed E-state index contributed by atoms with van der Waals surface area (Å²) in [5, 5.41) is 0.286. The van der Waals surface area contributed by atoms with Crippen LogP contribution in [0.2, 0.25) is 5.02 Å². The number of benzene rings is 1. The molecule has 1 aromatic rings. The van der Waals surface area contributed by atoms with Crippen LogP contribution < -0.4 is 4.74 Å². The average Bonchev–Trinajstić information content (AvgIpc) is 2.26. The lowest BCUT2D eigenvalue weighted by molar-refractivity contribution is 0.0981. The Morgan fingerprint density at radius 1 is 1.25 bits per heavy atom. The molecule has 0 aromatic heterocycles. The molecule has 0 aliphatic rings. The van der Waals surface area contributed by atoms with Gasteiger partial charge in [0.1, 0.15) is 18.2 Å². The Bertz CT molecular complexity index is 318. The van der Waals surface area contributed by atoms with Gasteiger partial charge in [0.25, 0.3) is 0 Å². The van der Waals surface area contributed by atoms with E-state index in [9.17, 15) is 4.39 Å². The first kappa shape index (κ1) is 13.3. The van der Waals surface area contributed by atoms with E-state index in [4.69, 9.17) is 21.1 Å². The van der Waals surface area contributed by atoms with Crippen molar-refractivity contribution in [3.63, 3.8) is 0 Å². The summed E-state index contributed by atoms with van der Waals surface area (Å²) in [6.45, 7) is 3.80. The van der Waals surface area contributed by atoms with Crippen LogP contribution in [-0.2, 0) is 4.74 Å². The highest BCUT2D eigenvalue weighted by atomic mass is 35.5. The van der Waals surface area contributed by atoms with E-state index in [1.165, 1.54) is 18.2 Å². The fourth-order valence-corrected chi connectivity index (χ4v) is 1.37. The molecule has 0 unspecified atom stereocenters. The summed E-state index contributed by atoms with van der Waals surface area (Å²) in [6.07, 6.45) is 2.17. The molecule has 0 aliphatic carbocycles. The van der Waals surface area contributed by atoms with E-state index in [1.807, 2.05) is 0 Å². The number of hydrogen-bond donors (Lipinski definition) is 0. The summed E-state index contributed by atoms with van der Waals surface area (Å²) >= 11 is 5.79. The smallest absolute Gasteiger partial charge is 0.138 e. The molecule has 4 heteroatoms. The van der Waals surface area contributed by atoms with Crippen molar-refractivity contribution >= 4 is 11.6 Å². The summed E-state index contributed by atoms with van der Waals surface area (Å²) < 4.78 is 23.4. The van der Waals surface area contributed by atoms with E-state index in [0.717, 1.165) is 19.4 Å². The van der Waals surface area contributed by atoms with Gasteiger partial charge >= 0.3 is 0 Å². The van der Waals surface area contributed by atoms with Gasteiger partial charge in [-0.1, -0.05) is 24.9 Å². The average molecular weight is 247 g/mol. The van der Waals surface area contributed by atoms with Crippen molar-refractivity contribution in [2.75, 3.05) is 19.8 Å². The van der Waals surface area contributed by atoms with E-state index in [2.05, 4.69) is 6.92 Å². The van der Waals surface area contributed by atoms with E-state index >= 15 is 0 Å². The second-order valence-corrected chi connectivity index (χ2v) is 3.80. The largest absolute Gasteiger partial charge is 0.490 e. The van der Waals surface area contributed by atoms with Gasteiger partial charge in [0.15, 0.2) is 0 Å². The Morgan fingerprint density at radius 2 is 2.06 bits per heavy atom. The first-order valence-corrected chi connectivity index (χ1v) is 5.77. The van der Waals surface area contributed by atoms with Crippen molar-refractivity contribution in [1.29, 1.82) is 0 Å². The quantitative estimate of drug-likeness (QED) is 0.684. The minimum atomic E-state index is -0.364. The zero-order valence-corrected chi connectivity index (χ0v) is 10.1. The molecule has 90 valence electrons. The maximum Gasteiger partial charge on any atom is 0.138 e. The third kappa shape index (κ3) is 4.81. The van der Waals surface area contributed by atoms with Crippen LogP contribution in [-0.4, -0.2) is 19.8 Å². The first-order chi connectivity index (χ1) is 7.74.